The van der Waals surface area contributed by atoms with Crippen molar-refractivity contribution in [1.29, 1.82) is 5.26 Å². The van der Waals surface area contributed by atoms with Crippen molar-refractivity contribution in [3.63, 3.8) is 0 Å². The van der Waals surface area contributed by atoms with Crippen LogP contribution in [0.2, 0.25) is 10.0 Å². The van der Waals surface area contributed by atoms with Crippen LogP contribution >= 0.6 is 23.2 Å². The molecule has 1 aliphatic heterocycles. The topological polar surface area (TPSA) is 79.6 Å². The van der Waals surface area contributed by atoms with Gasteiger partial charge in [0.15, 0.2) is 0 Å². The van der Waals surface area contributed by atoms with Crippen LogP contribution < -0.4 is 0 Å². The highest BCUT2D eigenvalue weighted by molar-refractivity contribution is 6.30. The minimum absolute atomic E-state index is 0.0160. The number of morpholine rings is 1. The molecule has 0 bridgehead atoms. The summed E-state index contributed by atoms with van der Waals surface area (Å²) in [4.78, 5) is 29.4. The number of amides is 1. The smallest absolute Gasteiger partial charge is 0.329 e. The third-order valence-corrected chi connectivity index (χ3v) is 7.74. The monoisotopic (exact) mass is 562 g/mol. The van der Waals surface area contributed by atoms with E-state index < -0.39 is 30.3 Å². The summed E-state index contributed by atoms with van der Waals surface area (Å²) in [6.07, 6.45) is 0.539. The summed E-state index contributed by atoms with van der Waals surface area (Å²) in [5, 5.41) is 10.3. The SMILES string of the molecule is CCOC(=O)[C@H](C1CC1)N1C(=O)[C@@H](Cc2ccc(C#N)cc2)O[C@H](c2ccc(Cl)cc2)[C@@H]1c1ccc(Cl)cc1. The van der Waals surface area contributed by atoms with Crippen LogP contribution in [0.25, 0.3) is 0 Å². The van der Waals surface area contributed by atoms with E-state index in [1.165, 1.54) is 0 Å². The van der Waals surface area contributed by atoms with E-state index in [-0.39, 0.29) is 18.4 Å². The van der Waals surface area contributed by atoms with Gasteiger partial charge in [-0.3, -0.25) is 4.79 Å². The highest BCUT2D eigenvalue weighted by Gasteiger charge is 2.53. The highest BCUT2D eigenvalue weighted by Crippen LogP contribution is 2.48. The van der Waals surface area contributed by atoms with Crippen molar-refractivity contribution in [1.82, 2.24) is 4.90 Å². The van der Waals surface area contributed by atoms with Crippen molar-refractivity contribution in [3.05, 3.63) is 105 Å². The summed E-state index contributed by atoms with van der Waals surface area (Å²) >= 11 is 12.4. The number of carbonyl (C=O) groups is 2. The molecule has 1 aliphatic carbocycles. The molecule has 3 aromatic carbocycles. The quantitative estimate of drug-likeness (QED) is 0.294. The average molecular weight is 563 g/mol. The van der Waals surface area contributed by atoms with Gasteiger partial charge in [-0.05, 0) is 78.8 Å². The van der Waals surface area contributed by atoms with Gasteiger partial charge in [-0.2, -0.15) is 5.26 Å². The van der Waals surface area contributed by atoms with Gasteiger partial charge in [-0.15, -0.1) is 0 Å². The molecule has 200 valence electrons. The van der Waals surface area contributed by atoms with E-state index in [1.807, 2.05) is 36.4 Å². The molecule has 0 unspecified atom stereocenters. The van der Waals surface area contributed by atoms with E-state index in [2.05, 4.69) is 6.07 Å². The van der Waals surface area contributed by atoms with Crippen LogP contribution in [-0.2, 0) is 25.5 Å². The maximum atomic E-state index is 14.3. The Morgan fingerprint density at radius 2 is 1.59 bits per heavy atom. The molecule has 8 heteroatoms. The van der Waals surface area contributed by atoms with Gasteiger partial charge < -0.3 is 14.4 Å². The van der Waals surface area contributed by atoms with Crippen LogP contribution in [-0.4, -0.2) is 35.5 Å². The fraction of sp³-hybridized carbons (Fsp3) is 0.323. The molecule has 4 atom stereocenters. The van der Waals surface area contributed by atoms with Crippen LogP contribution in [0, 0.1) is 17.2 Å². The lowest BCUT2D eigenvalue weighted by atomic mass is 9.88. The predicted molar refractivity (Wildman–Crippen MR) is 148 cm³/mol. The van der Waals surface area contributed by atoms with Crippen molar-refractivity contribution < 1.29 is 19.1 Å². The second-order valence-electron chi connectivity index (χ2n) is 9.89. The lowest BCUT2D eigenvalue weighted by Gasteiger charge is -2.47. The summed E-state index contributed by atoms with van der Waals surface area (Å²) in [5.74, 6) is -0.655. The molecule has 39 heavy (non-hydrogen) atoms. The van der Waals surface area contributed by atoms with Crippen LogP contribution in [0.3, 0.4) is 0 Å². The molecule has 1 saturated heterocycles. The fourth-order valence-electron chi connectivity index (χ4n) is 5.22. The van der Waals surface area contributed by atoms with Crippen molar-refractivity contribution in [3.8, 4) is 6.07 Å². The second-order valence-corrected chi connectivity index (χ2v) is 10.8. The minimum Gasteiger partial charge on any atom is -0.464 e. The first kappa shape index (κ1) is 27.2. The maximum Gasteiger partial charge on any atom is 0.329 e. The van der Waals surface area contributed by atoms with Gasteiger partial charge in [0.2, 0.25) is 0 Å². The van der Waals surface area contributed by atoms with Gasteiger partial charge >= 0.3 is 5.97 Å². The number of hydrogen-bond acceptors (Lipinski definition) is 5. The molecule has 5 rings (SSSR count). The zero-order chi connectivity index (χ0) is 27.5. The number of hydrogen-bond donors (Lipinski definition) is 0. The molecular formula is C31H28Cl2N2O4. The number of rotatable bonds is 8. The number of carbonyl (C=O) groups excluding carboxylic acids is 2. The zero-order valence-electron chi connectivity index (χ0n) is 21.4. The van der Waals surface area contributed by atoms with E-state index in [9.17, 15) is 14.9 Å². The van der Waals surface area contributed by atoms with Gasteiger partial charge in [-0.1, -0.05) is 59.6 Å². The number of benzene rings is 3. The number of ether oxygens (including phenoxy) is 2. The lowest BCUT2D eigenvalue weighted by molar-refractivity contribution is -0.186. The third kappa shape index (κ3) is 5.96. The number of esters is 1. The summed E-state index contributed by atoms with van der Waals surface area (Å²) in [5.41, 5.74) is 3.03. The Kier molecular flexibility index (Phi) is 8.23. The molecule has 1 heterocycles. The van der Waals surface area contributed by atoms with Crippen molar-refractivity contribution in [2.24, 2.45) is 5.92 Å². The minimum atomic E-state index is -0.849. The molecule has 2 fully saturated rings. The molecule has 0 spiro atoms. The summed E-state index contributed by atoms with van der Waals surface area (Å²) in [7, 11) is 0. The van der Waals surface area contributed by atoms with Crippen LogP contribution in [0.15, 0.2) is 72.8 Å². The Morgan fingerprint density at radius 1 is 1.00 bits per heavy atom. The van der Waals surface area contributed by atoms with Gasteiger partial charge in [0.25, 0.3) is 5.91 Å². The predicted octanol–water partition coefficient (Wildman–Crippen LogP) is 6.46. The molecule has 1 amide bonds. The molecule has 6 nitrogen and oxygen atoms in total. The second kappa shape index (κ2) is 11.8. The van der Waals surface area contributed by atoms with Crippen LogP contribution in [0.5, 0.6) is 0 Å². The fourth-order valence-corrected chi connectivity index (χ4v) is 5.47. The Morgan fingerprint density at radius 3 is 2.13 bits per heavy atom. The van der Waals surface area contributed by atoms with E-state index in [4.69, 9.17) is 32.7 Å². The zero-order valence-corrected chi connectivity index (χ0v) is 22.9. The third-order valence-electron chi connectivity index (χ3n) is 7.24. The van der Waals surface area contributed by atoms with Gasteiger partial charge in [0, 0.05) is 16.5 Å². The van der Waals surface area contributed by atoms with Crippen molar-refractivity contribution in [2.75, 3.05) is 6.61 Å². The van der Waals surface area contributed by atoms with Gasteiger partial charge in [-0.25, -0.2) is 4.79 Å². The number of nitriles is 1. The van der Waals surface area contributed by atoms with Crippen molar-refractivity contribution >= 4 is 35.1 Å². The van der Waals surface area contributed by atoms with E-state index >= 15 is 0 Å². The van der Waals surface area contributed by atoms with E-state index in [0.717, 1.165) is 29.5 Å². The molecule has 0 N–H and O–H groups in total. The van der Waals surface area contributed by atoms with Crippen LogP contribution in [0.4, 0.5) is 0 Å². The number of nitrogens with zero attached hydrogens (tertiary/aromatic N) is 2. The Balaban J connectivity index is 1.62. The maximum absolute atomic E-state index is 14.3. The molecule has 0 radical (unpaired) electrons. The molecule has 1 saturated carbocycles. The molecule has 2 aliphatic rings. The van der Waals surface area contributed by atoms with E-state index in [1.54, 1.807) is 48.2 Å². The Labute approximate surface area is 238 Å². The standard InChI is InChI=1S/C31H28Cl2N2O4/c1-2-38-31(37)28(22-7-8-22)35-27(21-9-13-24(32)14-10-21)29(23-11-15-25(33)16-12-23)39-26(30(35)36)17-19-3-5-20(18-34)6-4-19/h3-6,9-16,22,26-29H,2,7-8,17H2,1H3/t26-,27+,28+,29-/m1/s1. The molecular weight excluding hydrogens is 535 g/mol. The molecule has 0 aromatic heterocycles. The lowest BCUT2D eigenvalue weighted by Crippen LogP contribution is -2.58. The summed E-state index contributed by atoms with van der Waals surface area (Å²) in [6.45, 7) is 1.99. The Hall–Kier alpha value is -3.37. The largest absolute Gasteiger partial charge is 0.464 e. The normalized spacial score (nSPS) is 21.7. The highest BCUT2D eigenvalue weighted by atomic mass is 35.5. The van der Waals surface area contributed by atoms with E-state index in [0.29, 0.717) is 22.0 Å². The van der Waals surface area contributed by atoms with Crippen LogP contribution in [0.1, 0.15) is 54.2 Å². The number of halogens is 2. The molecule has 3 aromatic rings. The van der Waals surface area contributed by atoms with Crippen molar-refractivity contribution in [2.45, 2.75) is 50.5 Å². The first-order valence-electron chi connectivity index (χ1n) is 13.0. The van der Waals surface area contributed by atoms with Gasteiger partial charge in [0.05, 0.1) is 24.3 Å². The summed E-state index contributed by atoms with van der Waals surface area (Å²) < 4.78 is 12.1. The summed E-state index contributed by atoms with van der Waals surface area (Å²) in [6, 6.07) is 22.5. The average Bonchev–Trinajstić information content (AvgIpc) is 3.78. The van der Waals surface area contributed by atoms with Gasteiger partial charge in [0.1, 0.15) is 18.2 Å². The first-order chi connectivity index (χ1) is 18.9. The first-order valence-corrected chi connectivity index (χ1v) is 13.8. The Bertz CT molecular complexity index is 1370.